The lowest BCUT2D eigenvalue weighted by Crippen LogP contribution is -2.30. The number of aliphatic hydroxyl groups excluding tert-OH is 2. The number of hydrogen-bond donors (Lipinski definition) is 4. The highest BCUT2D eigenvalue weighted by molar-refractivity contribution is 7.47. The van der Waals surface area contributed by atoms with Crippen LogP contribution in [-0.4, -0.2) is 95.9 Å². The molecule has 0 saturated carbocycles. The largest absolute Gasteiger partial charge is 0.472 e. The van der Waals surface area contributed by atoms with Crippen LogP contribution in [0, 0.1) is 0 Å². The van der Waals surface area contributed by atoms with Gasteiger partial charge in [0.05, 0.1) is 26.4 Å². The first-order valence-corrected chi connectivity index (χ1v) is 51.7. The van der Waals surface area contributed by atoms with Crippen LogP contribution in [0.3, 0.4) is 0 Å². The van der Waals surface area contributed by atoms with E-state index in [4.69, 9.17) is 32.3 Å². The highest BCUT2D eigenvalue weighted by Gasteiger charge is 2.30. The first kappa shape index (κ1) is 117. The summed E-state index contributed by atoms with van der Waals surface area (Å²) in [6.07, 6.45) is 128. The van der Waals surface area contributed by atoms with Crippen LogP contribution >= 0.6 is 15.6 Å². The maximum Gasteiger partial charge on any atom is 0.472 e. The van der Waals surface area contributed by atoms with Crippen LogP contribution in [0.15, 0.2) is 194 Å². The van der Waals surface area contributed by atoms with E-state index in [2.05, 4.69) is 215 Å². The van der Waals surface area contributed by atoms with Gasteiger partial charge in [-0.3, -0.25) is 32.5 Å². The lowest BCUT2D eigenvalue weighted by Gasteiger charge is -2.21. The molecule has 0 aliphatic heterocycles. The van der Waals surface area contributed by atoms with E-state index in [1.165, 1.54) is 161 Å². The summed E-state index contributed by atoms with van der Waals surface area (Å²) in [5, 5.41) is 20.8. The molecule has 0 aliphatic carbocycles. The number of esters is 3. The summed E-state index contributed by atoms with van der Waals surface area (Å²) in [6, 6.07) is 0. The molecule has 0 aromatic heterocycles. The van der Waals surface area contributed by atoms with Gasteiger partial charge in [-0.15, -0.1) is 0 Å². The minimum absolute atomic E-state index is 0.0693. The number of rotatable bonds is 91. The Bertz CT molecular complexity index is 3020. The second-order valence-corrected chi connectivity index (χ2v) is 35.0. The third-order valence-corrected chi connectivity index (χ3v) is 22.2. The van der Waals surface area contributed by atoms with Crippen molar-refractivity contribution < 1.29 is 75.8 Å². The molecule has 0 aliphatic rings. The Kier molecular flexibility index (Phi) is 91.1. The molecule has 0 spiro atoms. The maximum absolute atomic E-state index is 13.1. The van der Waals surface area contributed by atoms with Gasteiger partial charge in [-0.1, -0.05) is 401 Å². The number of ether oxygens (including phenoxy) is 3. The van der Waals surface area contributed by atoms with Crippen LogP contribution in [0.1, 0.15) is 393 Å². The molecule has 0 rings (SSSR count). The van der Waals surface area contributed by atoms with Crippen molar-refractivity contribution in [2.75, 3.05) is 39.6 Å². The number of allylic oxidation sites excluding steroid dienone is 32. The number of phosphoric ester groups is 2. The van der Waals surface area contributed by atoms with Crippen molar-refractivity contribution in [2.45, 2.75) is 411 Å². The van der Waals surface area contributed by atoms with Crippen molar-refractivity contribution >= 4 is 33.6 Å². The average Bonchev–Trinajstić information content (AvgIpc) is 0.890. The standard InChI is InChI=1S/C105H176O16P2/c1-4-7-10-13-16-19-22-25-28-31-34-37-40-42-44-46-47-48-49-50-51-53-55-56-59-61-64-67-70-73-76-79-82-85-88-91-103(108)115-94-100(106)95-117-122(111,112)118-96-101(107)97-119-123(113,114)120-99-102(121-105(110)93-90-87-84-81-78-75-72-69-66-63-58-39-36-33-30-27-24-21-18-15-12-9-6-3)98-116-104(109)92-89-86-83-80-77-74-71-68-65-62-60-57-54-52-45-43-41-38-35-32-29-26-23-20-17-14-11-8-5-2/h7,9-10,12,16-21,25-30,34-39,42-45,47-48,63,66,72,75,100-102,106-107H,4-6,8,11,13-15,22-24,31-33,40-41,46,49-62,64-65,67-71,73-74,76-99H2,1-3H3,(H,111,112)(H,113,114)/b10-7-,12-9-,19-16-,20-17-,21-18-,28-25-,29-26-,30-27-,37-34-,38-35-,39-36-,44-42-,45-43-,48-47-,66-63-,75-72-. The van der Waals surface area contributed by atoms with Crippen molar-refractivity contribution in [3.8, 4) is 0 Å². The van der Waals surface area contributed by atoms with Gasteiger partial charge in [0, 0.05) is 19.3 Å². The van der Waals surface area contributed by atoms with E-state index in [0.29, 0.717) is 19.3 Å². The van der Waals surface area contributed by atoms with E-state index in [-0.39, 0.29) is 19.3 Å². The molecule has 5 unspecified atom stereocenters. The quantitative estimate of drug-likeness (QED) is 0.0146. The highest BCUT2D eigenvalue weighted by Crippen LogP contribution is 2.45. The zero-order chi connectivity index (χ0) is 89.3. The first-order valence-electron chi connectivity index (χ1n) is 48.7. The Labute approximate surface area is 750 Å². The smallest absolute Gasteiger partial charge is 0.463 e. The third kappa shape index (κ3) is 96.9. The fraction of sp³-hybridized carbons (Fsp3) is 0.667. The van der Waals surface area contributed by atoms with E-state index >= 15 is 0 Å². The molecule has 0 aromatic carbocycles. The van der Waals surface area contributed by atoms with Crippen LogP contribution in [0.5, 0.6) is 0 Å². The van der Waals surface area contributed by atoms with E-state index in [1.54, 1.807) is 0 Å². The Balaban J connectivity index is 4.59. The maximum atomic E-state index is 13.1. The second-order valence-electron chi connectivity index (χ2n) is 32.1. The molecule has 5 atom stereocenters. The topological polar surface area (TPSA) is 231 Å². The molecule has 0 saturated heterocycles. The van der Waals surface area contributed by atoms with Gasteiger partial charge in [0.25, 0.3) is 0 Å². The number of unbranched alkanes of at least 4 members (excludes halogenated alkanes) is 36. The monoisotopic (exact) mass is 1760 g/mol. The van der Waals surface area contributed by atoms with E-state index < -0.39 is 91.5 Å². The Morgan fingerprint density at radius 1 is 0.236 bits per heavy atom. The van der Waals surface area contributed by atoms with Gasteiger partial charge in [-0.05, 0) is 167 Å². The fourth-order valence-corrected chi connectivity index (χ4v) is 14.6. The average molecular weight is 1760 g/mol. The number of hydrogen-bond acceptors (Lipinski definition) is 14. The van der Waals surface area contributed by atoms with Crippen molar-refractivity contribution in [2.24, 2.45) is 0 Å². The molecule has 0 bridgehead atoms. The Morgan fingerprint density at radius 3 is 0.683 bits per heavy atom. The molecule has 16 nitrogen and oxygen atoms in total. The SMILES string of the molecule is CC/C=C\C/C=C\C/C=C\C/C=C\C/C=C\C/C=C\CCCCCCCCCCCCCCCCCCC(=O)OCC(O)COP(=O)(O)OCC(O)COP(=O)(O)OCC(COC(=O)CCCCCCCCCCCCCCC/C=C\C/C=C\C/C=C\C/C=C\CCCCC)OC(=O)CCCCCC/C=C\C/C=C\C/C=C\C/C=C\C/C=C\C/C=C\CC. The van der Waals surface area contributed by atoms with Crippen LogP contribution in [0.25, 0.3) is 0 Å². The summed E-state index contributed by atoms with van der Waals surface area (Å²) in [4.78, 5) is 59.1. The molecule has 0 aromatic rings. The number of phosphoric acid groups is 2. The van der Waals surface area contributed by atoms with Crippen LogP contribution in [-0.2, 0) is 55.8 Å². The van der Waals surface area contributed by atoms with Gasteiger partial charge < -0.3 is 34.2 Å². The highest BCUT2D eigenvalue weighted by atomic mass is 31.2. The molecule has 18 heteroatoms. The molecular weight excluding hydrogens is 1580 g/mol. The molecule has 0 fully saturated rings. The molecular formula is C105H176O16P2. The summed E-state index contributed by atoms with van der Waals surface area (Å²) in [7, 11) is -9.83. The van der Waals surface area contributed by atoms with Crippen molar-refractivity contribution in [3.05, 3.63) is 194 Å². The second kappa shape index (κ2) is 95.5. The first-order chi connectivity index (χ1) is 60.2. The van der Waals surface area contributed by atoms with Gasteiger partial charge in [-0.2, -0.15) is 0 Å². The predicted octanol–water partition coefficient (Wildman–Crippen LogP) is 30.6. The lowest BCUT2D eigenvalue weighted by atomic mass is 10.0. The zero-order valence-corrected chi connectivity index (χ0v) is 79.3. The Hall–Kier alpha value is -5.61. The summed E-state index contributed by atoms with van der Waals surface area (Å²) >= 11 is 0. The molecule has 0 amide bonds. The molecule has 702 valence electrons. The predicted molar refractivity (Wildman–Crippen MR) is 518 cm³/mol. The fourth-order valence-electron chi connectivity index (χ4n) is 13.0. The third-order valence-electron chi connectivity index (χ3n) is 20.3. The van der Waals surface area contributed by atoms with Gasteiger partial charge in [0.15, 0.2) is 6.10 Å². The van der Waals surface area contributed by atoms with E-state index in [9.17, 15) is 43.5 Å². The molecule has 0 radical (unpaired) electrons. The molecule has 4 N–H and O–H groups in total. The zero-order valence-electron chi connectivity index (χ0n) is 77.5. The summed E-state index contributed by atoms with van der Waals surface area (Å²) < 4.78 is 61.6. The number of carbonyl (C=O) groups excluding carboxylic acids is 3. The summed E-state index contributed by atoms with van der Waals surface area (Å²) in [6.45, 7) is 2.43. The van der Waals surface area contributed by atoms with Gasteiger partial charge in [0.1, 0.15) is 25.4 Å². The number of carbonyl (C=O) groups is 3. The number of aliphatic hydroxyl groups is 2. The van der Waals surface area contributed by atoms with Gasteiger partial charge in [-0.25, -0.2) is 9.13 Å². The minimum Gasteiger partial charge on any atom is -0.463 e. The minimum atomic E-state index is -4.96. The normalized spacial score (nSPS) is 14.6. The van der Waals surface area contributed by atoms with Gasteiger partial charge >= 0.3 is 33.6 Å². The van der Waals surface area contributed by atoms with Gasteiger partial charge in [0.2, 0.25) is 0 Å². The summed E-state index contributed by atoms with van der Waals surface area (Å²) in [5.74, 6) is -1.60. The van der Waals surface area contributed by atoms with Crippen LogP contribution in [0.4, 0.5) is 0 Å². The van der Waals surface area contributed by atoms with Crippen LogP contribution in [0.2, 0.25) is 0 Å². The van der Waals surface area contributed by atoms with E-state index in [1.807, 2.05) is 0 Å². The van der Waals surface area contributed by atoms with Crippen molar-refractivity contribution in [1.29, 1.82) is 0 Å². The van der Waals surface area contributed by atoms with Crippen LogP contribution < -0.4 is 0 Å². The van der Waals surface area contributed by atoms with Crippen molar-refractivity contribution in [3.63, 3.8) is 0 Å². The lowest BCUT2D eigenvalue weighted by molar-refractivity contribution is -0.161. The molecule has 123 heavy (non-hydrogen) atoms. The summed E-state index contributed by atoms with van der Waals surface area (Å²) in [5.41, 5.74) is 0. The van der Waals surface area contributed by atoms with Crippen molar-refractivity contribution in [1.82, 2.24) is 0 Å². The van der Waals surface area contributed by atoms with E-state index in [0.717, 1.165) is 173 Å². The molecule has 0 heterocycles. The Morgan fingerprint density at radius 2 is 0.431 bits per heavy atom.